The minimum Gasteiger partial charge on any atom is -0.204 e. The van der Waals surface area contributed by atoms with Crippen LogP contribution in [0.2, 0.25) is 16.6 Å². The lowest BCUT2D eigenvalue weighted by Crippen LogP contribution is -2.57. The molecule has 108 valence electrons. The smallest absolute Gasteiger partial charge is 0.171 e. The summed E-state index contributed by atoms with van der Waals surface area (Å²) in [5.41, 5.74) is 1.13. The summed E-state index contributed by atoms with van der Waals surface area (Å²) >= 11 is 1.85. The number of halogens is 3. The molecule has 19 heavy (non-hydrogen) atoms. The second-order valence-electron chi connectivity index (χ2n) is 6.12. The molecule has 1 aromatic rings. The van der Waals surface area contributed by atoms with Crippen LogP contribution in [0, 0.1) is 15.2 Å². The van der Waals surface area contributed by atoms with E-state index in [9.17, 15) is 8.78 Å². The number of rotatable bonds is 4. The molecule has 0 saturated heterocycles. The largest absolute Gasteiger partial charge is 0.204 e. The molecule has 0 aliphatic heterocycles. The minimum atomic E-state index is -2.12. The normalized spacial score (nSPS) is 12.8. The summed E-state index contributed by atoms with van der Waals surface area (Å²) in [5.74, 6) is -1.30. The molecule has 0 spiro atoms. The fourth-order valence-electron chi connectivity index (χ4n) is 3.79. The summed E-state index contributed by atoms with van der Waals surface area (Å²) in [5, 5.41) is 0.658. The fraction of sp³-hybridized carbons (Fsp3) is 0.600. The predicted molar refractivity (Wildman–Crippen MR) is 89.8 cm³/mol. The Hall–Kier alpha value is 0.0269. The van der Waals surface area contributed by atoms with E-state index in [4.69, 9.17) is 0 Å². The highest BCUT2D eigenvalue weighted by Crippen LogP contribution is 2.41. The quantitative estimate of drug-likeness (QED) is 0.360. The van der Waals surface area contributed by atoms with Crippen LogP contribution in [-0.2, 0) is 0 Å². The summed E-state index contributed by atoms with van der Waals surface area (Å²) in [6, 6.07) is 3.54. The molecule has 0 aromatic heterocycles. The van der Waals surface area contributed by atoms with Gasteiger partial charge in [0.05, 0.1) is 11.6 Å². The minimum absolute atomic E-state index is 0.359. The van der Waals surface area contributed by atoms with Crippen molar-refractivity contribution in [3.05, 3.63) is 27.3 Å². The van der Waals surface area contributed by atoms with Gasteiger partial charge in [0.2, 0.25) is 0 Å². The summed E-state index contributed by atoms with van der Waals surface area (Å²) in [6.07, 6.45) is 0. The zero-order chi connectivity index (χ0) is 15.0. The molecule has 0 heterocycles. The zero-order valence-corrected chi connectivity index (χ0v) is 15.7. The SMILES string of the molecule is CC(C)[Si](c1ccc(I)c(F)c1F)(C(C)C)C(C)C. The Kier molecular flexibility index (Phi) is 5.58. The van der Waals surface area contributed by atoms with E-state index >= 15 is 0 Å². The molecular formula is C15H23F2ISi. The van der Waals surface area contributed by atoms with Crippen LogP contribution in [0.15, 0.2) is 12.1 Å². The zero-order valence-electron chi connectivity index (χ0n) is 12.5. The van der Waals surface area contributed by atoms with Crippen LogP contribution in [0.4, 0.5) is 8.78 Å². The first-order valence-corrected chi connectivity index (χ1v) is 10.1. The molecule has 4 heteroatoms. The molecule has 0 bridgehead atoms. The molecule has 0 nitrogen and oxygen atoms in total. The van der Waals surface area contributed by atoms with Crippen molar-refractivity contribution in [2.24, 2.45) is 0 Å². The fourth-order valence-corrected chi connectivity index (χ4v) is 10.9. The van der Waals surface area contributed by atoms with Crippen molar-refractivity contribution in [2.75, 3.05) is 0 Å². The Balaban J connectivity index is 3.64. The van der Waals surface area contributed by atoms with Crippen LogP contribution in [-0.4, -0.2) is 8.07 Å². The van der Waals surface area contributed by atoms with Crippen LogP contribution in [0.25, 0.3) is 0 Å². The van der Waals surface area contributed by atoms with Gasteiger partial charge in [0.1, 0.15) is 0 Å². The van der Waals surface area contributed by atoms with Crippen molar-refractivity contribution < 1.29 is 8.78 Å². The van der Waals surface area contributed by atoms with Crippen molar-refractivity contribution in [3.8, 4) is 0 Å². The third kappa shape index (κ3) is 2.75. The van der Waals surface area contributed by atoms with Crippen molar-refractivity contribution in [1.82, 2.24) is 0 Å². The Bertz CT molecular complexity index is 434. The molecule has 0 atom stereocenters. The molecule has 0 saturated carbocycles. The van der Waals surface area contributed by atoms with Gasteiger partial charge in [0.15, 0.2) is 11.6 Å². The molecule has 0 unspecified atom stereocenters. The van der Waals surface area contributed by atoms with Gasteiger partial charge in [0.25, 0.3) is 0 Å². The topological polar surface area (TPSA) is 0 Å². The van der Waals surface area contributed by atoms with Crippen LogP contribution >= 0.6 is 22.6 Å². The second kappa shape index (κ2) is 6.20. The maximum Gasteiger partial charge on any atom is 0.171 e. The number of hydrogen-bond acceptors (Lipinski definition) is 0. The number of benzene rings is 1. The van der Waals surface area contributed by atoms with Gasteiger partial charge >= 0.3 is 0 Å². The first-order chi connectivity index (χ1) is 8.67. The first kappa shape index (κ1) is 17.1. The highest BCUT2D eigenvalue weighted by Gasteiger charge is 2.46. The average molecular weight is 396 g/mol. The Labute approximate surface area is 130 Å². The van der Waals surface area contributed by atoms with Crippen molar-refractivity contribution in [2.45, 2.75) is 58.2 Å². The lowest BCUT2D eigenvalue weighted by atomic mass is 10.3. The van der Waals surface area contributed by atoms with Gasteiger partial charge in [-0.25, -0.2) is 8.78 Å². The van der Waals surface area contributed by atoms with Crippen LogP contribution in [0.3, 0.4) is 0 Å². The van der Waals surface area contributed by atoms with E-state index < -0.39 is 19.7 Å². The molecule has 0 radical (unpaired) electrons. The number of hydrogen-bond donors (Lipinski definition) is 0. The van der Waals surface area contributed by atoms with Crippen molar-refractivity contribution in [1.29, 1.82) is 0 Å². The summed E-state index contributed by atoms with van der Waals surface area (Å²) in [6.45, 7) is 12.9. The van der Waals surface area contributed by atoms with Gasteiger partial charge in [-0.1, -0.05) is 47.6 Å². The van der Waals surface area contributed by atoms with Gasteiger partial charge in [-0.05, 0) is 50.5 Å². The molecule has 0 N–H and O–H groups in total. The van der Waals surface area contributed by atoms with Gasteiger partial charge in [0, 0.05) is 0 Å². The van der Waals surface area contributed by atoms with Crippen LogP contribution in [0.5, 0.6) is 0 Å². The lowest BCUT2D eigenvalue weighted by molar-refractivity contribution is 0.507. The molecule has 1 rings (SSSR count). The summed E-state index contributed by atoms with van der Waals surface area (Å²) in [7, 11) is -2.12. The standard InChI is InChI=1S/C15H23F2ISi/c1-9(2)19(10(3)4,11(5)6)13-8-7-12(18)14(16)15(13)17/h7-11H,1-6H3. The van der Waals surface area contributed by atoms with E-state index in [0.717, 1.165) is 0 Å². The summed E-state index contributed by atoms with van der Waals surface area (Å²) in [4.78, 5) is 0. The Morgan fingerprint density at radius 1 is 0.842 bits per heavy atom. The Morgan fingerprint density at radius 3 is 1.63 bits per heavy atom. The molecule has 0 aliphatic carbocycles. The monoisotopic (exact) mass is 396 g/mol. The van der Waals surface area contributed by atoms with E-state index in [0.29, 0.717) is 25.4 Å². The van der Waals surface area contributed by atoms with Crippen LogP contribution in [0.1, 0.15) is 41.5 Å². The lowest BCUT2D eigenvalue weighted by Gasteiger charge is -2.43. The average Bonchev–Trinajstić information content (AvgIpc) is 2.28. The highest BCUT2D eigenvalue weighted by molar-refractivity contribution is 14.1. The van der Waals surface area contributed by atoms with E-state index in [1.807, 2.05) is 28.7 Å². The molecule has 1 aromatic carbocycles. The molecular weight excluding hydrogens is 373 g/mol. The maximum absolute atomic E-state index is 14.5. The van der Waals surface area contributed by atoms with Crippen molar-refractivity contribution in [3.63, 3.8) is 0 Å². The maximum atomic E-state index is 14.5. The van der Waals surface area contributed by atoms with Gasteiger partial charge in [-0.2, -0.15) is 0 Å². The van der Waals surface area contributed by atoms with Gasteiger partial charge < -0.3 is 0 Å². The molecule has 0 fully saturated rings. The highest BCUT2D eigenvalue weighted by atomic mass is 127. The second-order valence-corrected chi connectivity index (χ2v) is 13.2. The van der Waals surface area contributed by atoms with Gasteiger partial charge in [-0.15, -0.1) is 0 Å². The van der Waals surface area contributed by atoms with Crippen LogP contribution < -0.4 is 5.19 Å². The molecule has 0 aliphatic rings. The third-order valence-corrected chi connectivity index (χ3v) is 12.3. The van der Waals surface area contributed by atoms with Crippen molar-refractivity contribution >= 4 is 35.9 Å². The Morgan fingerprint density at radius 2 is 1.26 bits per heavy atom. The first-order valence-electron chi connectivity index (χ1n) is 6.81. The van der Waals surface area contributed by atoms with E-state index in [1.54, 1.807) is 6.07 Å². The van der Waals surface area contributed by atoms with Gasteiger partial charge in [-0.3, -0.25) is 0 Å². The predicted octanol–water partition coefficient (Wildman–Crippen LogP) is 5.46. The summed E-state index contributed by atoms with van der Waals surface area (Å²) < 4.78 is 28.8. The molecule has 0 amide bonds. The third-order valence-electron chi connectivity index (χ3n) is 4.37. The van der Waals surface area contributed by atoms with E-state index in [-0.39, 0.29) is 0 Å². The van der Waals surface area contributed by atoms with E-state index in [2.05, 4.69) is 41.5 Å². The van der Waals surface area contributed by atoms with E-state index in [1.165, 1.54) is 0 Å².